The van der Waals surface area contributed by atoms with E-state index in [2.05, 4.69) is 42.8 Å². The van der Waals surface area contributed by atoms with Crippen LogP contribution in [0.15, 0.2) is 0 Å². The second-order valence-corrected chi connectivity index (χ2v) is 6.00. The molecule has 0 aromatic carbocycles. The third kappa shape index (κ3) is 4.13. The largest absolute Gasteiger partial charge is 0.316 e. The molecule has 2 unspecified atom stereocenters. The van der Waals surface area contributed by atoms with Gasteiger partial charge in [0.2, 0.25) is 0 Å². The fourth-order valence-electron chi connectivity index (χ4n) is 1.79. The third-order valence-corrected chi connectivity index (χ3v) is 4.88. The summed E-state index contributed by atoms with van der Waals surface area (Å²) >= 11 is 4.18. The van der Waals surface area contributed by atoms with Gasteiger partial charge in [0, 0.05) is 11.8 Å². The zero-order valence-electron chi connectivity index (χ0n) is 8.71. The topological polar surface area (TPSA) is 12.0 Å². The van der Waals surface area contributed by atoms with E-state index >= 15 is 0 Å². The van der Waals surface area contributed by atoms with E-state index in [-0.39, 0.29) is 0 Å². The summed E-state index contributed by atoms with van der Waals surface area (Å²) in [5, 5.41) is 3.43. The van der Waals surface area contributed by atoms with Crippen LogP contribution < -0.4 is 5.32 Å². The van der Waals surface area contributed by atoms with E-state index in [0.29, 0.717) is 0 Å². The van der Waals surface area contributed by atoms with Gasteiger partial charge in [-0.15, -0.1) is 0 Å². The Bertz CT molecular complexity index is 130. The van der Waals surface area contributed by atoms with E-state index in [1.54, 1.807) is 0 Å². The van der Waals surface area contributed by atoms with E-state index in [1.165, 1.54) is 35.9 Å². The van der Waals surface area contributed by atoms with Gasteiger partial charge in [0.25, 0.3) is 0 Å². The molecule has 2 atom stereocenters. The molecular formula is C10H21NS2. The van der Waals surface area contributed by atoms with Gasteiger partial charge in [0.05, 0.1) is 0 Å². The molecule has 0 aromatic rings. The summed E-state index contributed by atoms with van der Waals surface area (Å²) in [6.45, 7) is 2.24. The molecule has 3 heteroatoms. The van der Waals surface area contributed by atoms with Gasteiger partial charge < -0.3 is 5.32 Å². The first-order valence-electron chi connectivity index (χ1n) is 5.21. The van der Waals surface area contributed by atoms with E-state index in [0.717, 1.165) is 12.0 Å². The van der Waals surface area contributed by atoms with Crippen LogP contribution in [0.3, 0.4) is 0 Å². The van der Waals surface area contributed by atoms with Gasteiger partial charge >= 0.3 is 0 Å². The van der Waals surface area contributed by atoms with Crippen molar-refractivity contribution < 1.29 is 0 Å². The summed E-state index contributed by atoms with van der Waals surface area (Å²) in [4.78, 5) is 0. The van der Waals surface area contributed by atoms with Gasteiger partial charge in [-0.25, -0.2) is 0 Å². The molecule has 0 bridgehead atoms. The average Bonchev–Trinajstić information content (AvgIpc) is 2.60. The highest BCUT2D eigenvalue weighted by atomic mass is 32.2. The van der Waals surface area contributed by atoms with E-state index < -0.39 is 0 Å². The van der Waals surface area contributed by atoms with Crippen molar-refractivity contribution in [2.24, 2.45) is 5.92 Å². The fourth-order valence-corrected chi connectivity index (χ4v) is 3.98. The van der Waals surface area contributed by atoms with Crippen LogP contribution in [0.5, 0.6) is 0 Å². The highest BCUT2D eigenvalue weighted by molar-refractivity contribution is 7.99. The highest BCUT2D eigenvalue weighted by Gasteiger charge is 2.25. The normalized spacial score (nSPS) is 28.2. The van der Waals surface area contributed by atoms with Crippen LogP contribution in [0.2, 0.25) is 0 Å². The van der Waals surface area contributed by atoms with Crippen LogP contribution in [0.1, 0.15) is 19.8 Å². The zero-order valence-corrected chi connectivity index (χ0v) is 10.3. The summed E-state index contributed by atoms with van der Waals surface area (Å²) < 4.78 is 0. The van der Waals surface area contributed by atoms with Gasteiger partial charge in [-0.2, -0.15) is 23.5 Å². The summed E-state index contributed by atoms with van der Waals surface area (Å²) in [6.07, 6.45) is 2.83. The molecule has 0 aromatic heterocycles. The lowest BCUT2D eigenvalue weighted by atomic mass is 9.99. The Balaban J connectivity index is 2.06. The number of hydrogen-bond acceptors (Lipinski definition) is 3. The molecule has 0 aliphatic carbocycles. The monoisotopic (exact) mass is 219 g/mol. The van der Waals surface area contributed by atoms with Gasteiger partial charge in [0.15, 0.2) is 0 Å². The highest BCUT2D eigenvalue weighted by Crippen LogP contribution is 2.28. The van der Waals surface area contributed by atoms with E-state index in [4.69, 9.17) is 0 Å². The summed E-state index contributed by atoms with van der Waals surface area (Å²) in [6, 6.07) is 0.789. The molecule has 13 heavy (non-hydrogen) atoms. The Morgan fingerprint density at radius 1 is 1.46 bits per heavy atom. The third-order valence-electron chi connectivity index (χ3n) is 2.64. The smallest absolute Gasteiger partial charge is 0.0191 e. The first-order chi connectivity index (χ1) is 6.38. The minimum absolute atomic E-state index is 0.789. The molecular weight excluding hydrogens is 198 g/mol. The van der Waals surface area contributed by atoms with Crippen LogP contribution in [-0.4, -0.2) is 36.1 Å². The maximum Gasteiger partial charge on any atom is 0.0191 e. The van der Waals surface area contributed by atoms with Crippen molar-refractivity contribution in [3.63, 3.8) is 0 Å². The standard InChI is InChI=1S/C10H21NS2/c1-3-12-6-4-5-9-7-13-8-10(9)11-2/h9-11H,3-8H2,1-2H3. The van der Waals surface area contributed by atoms with Crippen LogP contribution in [0, 0.1) is 5.92 Å². The number of nitrogens with one attached hydrogen (secondary N) is 1. The molecule has 1 saturated heterocycles. The number of hydrogen-bond donors (Lipinski definition) is 1. The Morgan fingerprint density at radius 2 is 2.31 bits per heavy atom. The van der Waals surface area contributed by atoms with E-state index in [1.807, 2.05) is 0 Å². The van der Waals surface area contributed by atoms with Gasteiger partial charge in [-0.05, 0) is 43.1 Å². The van der Waals surface area contributed by atoms with Gasteiger partial charge in [0.1, 0.15) is 0 Å². The van der Waals surface area contributed by atoms with Crippen LogP contribution in [-0.2, 0) is 0 Å². The molecule has 1 N–H and O–H groups in total. The van der Waals surface area contributed by atoms with Crippen LogP contribution >= 0.6 is 23.5 Å². The second kappa shape index (κ2) is 7.02. The first kappa shape index (κ1) is 11.7. The van der Waals surface area contributed by atoms with Gasteiger partial charge in [-0.1, -0.05) is 6.92 Å². The van der Waals surface area contributed by atoms with Crippen molar-refractivity contribution in [2.45, 2.75) is 25.8 Å². The average molecular weight is 219 g/mol. The van der Waals surface area contributed by atoms with E-state index in [9.17, 15) is 0 Å². The molecule has 1 nitrogen and oxygen atoms in total. The van der Waals surface area contributed by atoms with Crippen molar-refractivity contribution >= 4 is 23.5 Å². The summed E-state index contributed by atoms with van der Waals surface area (Å²) in [5.41, 5.74) is 0. The molecule has 1 fully saturated rings. The van der Waals surface area contributed by atoms with Crippen LogP contribution in [0.25, 0.3) is 0 Å². The van der Waals surface area contributed by atoms with Crippen LogP contribution in [0.4, 0.5) is 0 Å². The minimum Gasteiger partial charge on any atom is -0.316 e. The SMILES string of the molecule is CCSCCCC1CSCC1NC. The van der Waals surface area contributed by atoms with Crippen molar-refractivity contribution in [1.29, 1.82) is 0 Å². The molecule has 78 valence electrons. The Kier molecular flexibility index (Phi) is 6.33. The molecule has 0 radical (unpaired) electrons. The molecule has 1 aliphatic heterocycles. The zero-order chi connectivity index (χ0) is 9.52. The maximum atomic E-state index is 3.43. The molecule has 0 saturated carbocycles. The van der Waals surface area contributed by atoms with Crippen molar-refractivity contribution in [1.82, 2.24) is 5.32 Å². The predicted molar refractivity (Wildman–Crippen MR) is 65.9 cm³/mol. The van der Waals surface area contributed by atoms with Gasteiger partial charge in [-0.3, -0.25) is 0 Å². The van der Waals surface area contributed by atoms with Crippen molar-refractivity contribution in [3.05, 3.63) is 0 Å². The predicted octanol–water partition coefficient (Wildman–Crippen LogP) is 2.47. The Labute approximate surface area is 90.8 Å². The molecule has 1 heterocycles. The second-order valence-electron chi connectivity index (χ2n) is 3.53. The first-order valence-corrected chi connectivity index (χ1v) is 7.52. The lowest BCUT2D eigenvalue weighted by Crippen LogP contribution is -2.32. The lowest BCUT2D eigenvalue weighted by molar-refractivity contribution is 0.426. The Morgan fingerprint density at radius 3 is 3.00 bits per heavy atom. The quantitative estimate of drug-likeness (QED) is 0.689. The van der Waals surface area contributed by atoms with Crippen molar-refractivity contribution in [2.75, 3.05) is 30.1 Å². The fraction of sp³-hybridized carbons (Fsp3) is 1.00. The number of thioether (sulfide) groups is 2. The maximum absolute atomic E-state index is 3.43. The minimum atomic E-state index is 0.789. The number of rotatable bonds is 6. The molecule has 1 rings (SSSR count). The summed E-state index contributed by atoms with van der Waals surface area (Å²) in [7, 11) is 2.10. The molecule has 0 spiro atoms. The summed E-state index contributed by atoms with van der Waals surface area (Å²) in [5.74, 6) is 6.26. The Hall–Kier alpha value is 0.660. The van der Waals surface area contributed by atoms with Crippen molar-refractivity contribution in [3.8, 4) is 0 Å². The molecule has 0 amide bonds. The lowest BCUT2D eigenvalue weighted by Gasteiger charge is -2.17. The molecule has 1 aliphatic rings.